The molecule has 1 rings (SSSR count). The van der Waals surface area contributed by atoms with Crippen LogP contribution in [0, 0.1) is 0 Å². The predicted molar refractivity (Wildman–Crippen MR) is 226 cm³/mol. The number of nitrogens with one attached hydrogen (secondary N) is 1. The van der Waals surface area contributed by atoms with E-state index in [1.807, 2.05) is 0 Å². The third-order valence-electron chi connectivity index (χ3n) is 11.4. The van der Waals surface area contributed by atoms with Gasteiger partial charge in [-0.25, -0.2) is 0 Å². The van der Waals surface area contributed by atoms with Crippen molar-refractivity contribution in [1.29, 1.82) is 0 Å². The summed E-state index contributed by atoms with van der Waals surface area (Å²) in [5.74, 6) is -0.151. The zero-order valence-electron chi connectivity index (χ0n) is 35.7. The Hall–Kier alpha value is -1.07. The Kier molecular flexibility index (Phi) is 35.2. The van der Waals surface area contributed by atoms with E-state index in [0.29, 0.717) is 12.8 Å². The van der Waals surface area contributed by atoms with Gasteiger partial charge in [0, 0.05) is 6.42 Å². The van der Waals surface area contributed by atoms with Gasteiger partial charge in [0.2, 0.25) is 5.91 Å². The molecule has 1 saturated heterocycles. The Labute approximate surface area is 337 Å². The maximum atomic E-state index is 13.0. The molecule has 9 heteroatoms. The van der Waals surface area contributed by atoms with E-state index in [4.69, 9.17) is 9.47 Å². The largest absolute Gasteiger partial charge is 0.394 e. The summed E-state index contributed by atoms with van der Waals surface area (Å²) in [4.78, 5) is 13.0. The molecule has 1 fully saturated rings. The summed E-state index contributed by atoms with van der Waals surface area (Å²) in [7, 11) is 0. The molecule has 0 aromatic heterocycles. The van der Waals surface area contributed by atoms with Crippen molar-refractivity contribution in [2.24, 2.45) is 0 Å². The maximum absolute atomic E-state index is 13.0. The number of amides is 1. The molecule has 326 valence electrons. The standard InChI is InChI=1S/C46H89NO8/c1-3-5-7-9-11-13-15-17-18-19-20-21-22-23-24-26-28-30-32-34-36-42(50)47-39(38-54-46-45(53)44(52)43(51)41(37-48)55-46)40(49)35-33-31-29-27-25-16-14-12-10-8-6-4-2/h25,27,39-41,43-46,48-49,51-53H,3-24,26,28-38H2,1-2H3,(H,47,50)/b27-25+/t39-,40+,41-,43-,44?,45?,46-/m0/s1. The molecule has 7 atom stereocenters. The van der Waals surface area contributed by atoms with Crippen molar-refractivity contribution in [1.82, 2.24) is 5.32 Å². The topological polar surface area (TPSA) is 149 Å². The molecule has 1 aliphatic rings. The summed E-state index contributed by atoms with van der Waals surface area (Å²) in [5, 5.41) is 54.3. The fourth-order valence-corrected chi connectivity index (χ4v) is 7.57. The highest BCUT2D eigenvalue weighted by Crippen LogP contribution is 2.23. The monoisotopic (exact) mass is 784 g/mol. The van der Waals surface area contributed by atoms with Crippen LogP contribution in [0.2, 0.25) is 0 Å². The minimum absolute atomic E-state index is 0.146. The third kappa shape index (κ3) is 28.1. The minimum atomic E-state index is -1.55. The van der Waals surface area contributed by atoms with Crippen molar-refractivity contribution in [3.8, 4) is 0 Å². The molecule has 9 nitrogen and oxygen atoms in total. The fourth-order valence-electron chi connectivity index (χ4n) is 7.57. The second-order valence-electron chi connectivity index (χ2n) is 16.6. The summed E-state index contributed by atoms with van der Waals surface area (Å²) in [6.07, 6.45) is 35.1. The lowest BCUT2D eigenvalue weighted by Crippen LogP contribution is -2.60. The van der Waals surface area contributed by atoms with Crippen LogP contribution in [0.4, 0.5) is 0 Å². The number of hydrogen-bond acceptors (Lipinski definition) is 8. The maximum Gasteiger partial charge on any atom is 0.220 e. The van der Waals surface area contributed by atoms with Crippen LogP contribution in [-0.2, 0) is 14.3 Å². The van der Waals surface area contributed by atoms with Crippen LogP contribution in [0.15, 0.2) is 12.2 Å². The highest BCUT2D eigenvalue weighted by molar-refractivity contribution is 5.76. The number of aliphatic hydroxyl groups excluding tert-OH is 5. The van der Waals surface area contributed by atoms with Crippen LogP contribution < -0.4 is 5.32 Å². The lowest BCUT2D eigenvalue weighted by Gasteiger charge is -2.40. The van der Waals surface area contributed by atoms with Crippen molar-refractivity contribution in [3.05, 3.63) is 12.2 Å². The average molecular weight is 784 g/mol. The van der Waals surface area contributed by atoms with Crippen molar-refractivity contribution >= 4 is 5.91 Å². The molecule has 0 bridgehead atoms. The number of aliphatic hydroxyl groups is 5. The summed E-state index contributed by atoms with van der Waals surface area (Å²) >= 11 is 0. The quantitative estimate of drug-likeness (QED) is 0.0267. The van der Waals surface area contributed by atoms with Gasteiger partial charge in [0.15, 0.2) is 6.29 Å². The summed E-state index contributed by atoms with van der Waals surface area (Å²) in [6.45, 7) is 3.81. The van der Waals surface area contributed by atoms with Gasteiger partial charge in [-0.05, 0) is 38.5 Å². The van der Waals surface area contributed by atoms with Crippen LogP contribution >= 0.6 is 0 Å². The molecule has 55 heavy (non-hydrogen) atoms. The van der Waals surface area contributed by atoms with Crippen molar-refractivity contribution < 1.29 is 39.8 Å². The van der Waals surface area contributed by atoms with Gasteiger partial charge in [-0.1, -0.05) is 187 Å². The van der Waals surface area contributed by atoms with Crippen LogP contribution in [-0.4, -0.2) is 87.5 Å². The van der Waals surface area contributed by atoms with E-state index in [9.17, 15) is 30.3 Å². The van der Waals surface area contributed by atoms with Gasteiger partial charge >= 0.3 is 0 Å². The lowest BCUT2D eigenvalue weighted by molar-refractivity contribution is -0.302. The molecule has 0 aliphatic carbocycles. The van der Waals surface area contributed by atoms with E-state index in [-0.39, 0.29) is 12.5 Å². The fraction of sp³-hybridized carbons (Fsp3) is 0.935. The zero-order valence-corrected chi connectivity index (χ0v) is 35.7. The Morgan fingerprint density at radius 2 is 1.02 bits per heavy atom. The lowest BCUT2D eigenvalue weighted by atomic mass is 9.99. The van der Waals surface area contributed by atoms with Gasteiger partial charge < -0.3 is 40.3 Å². The summed E-state index contributed by atoms with van der Waals surface area (Å²) in [6, 6.07) is -0.728. The molecule has 0 aromatic rings. The van der Waals surface area contributed by atoms with Gasteiger partial charge in [-0.15, -0.1) is 0 Å². The van der Waals surface area contributed by atoms with Crippen molar-refractivity contribution in [2.75, 3.05) is 13.2 Å². The predicted octanol–water partition coefficient (Wildman–Crippen LogP) is 9.73. The molecule has 1 amide bonds. The first-order chi connectivity index (χ1) is 26.8. The molecule has 2 unspecified atom stereocenters. The first kappa shape index (κ1) is 51.9. The number of hydrogen-bond donors (Lipinski definition) is 6. The van der Waals surface area contributed by atoms with Crippen molar-refractivity contribution in [3.63, 3.8) is 0 Å². The number of unbranched alkanes of at least 4 members (excludes halogenated alkanes) is 27. The van der Waals surface area contributed by atoms with E-state index in [1.165, 1.54) is 148 Å². The number of carbonyl (C=O) groups excluding carboxylic acids is 1. The molecule has 1 aliphatic heterocycles. The molecular formula is C46H89NO8. The second kappa shape index (κ2) is 37.2. The molecule has 0 spiro atoms. The van der Waals surface area contributed by atoms with Gasteiger partial charge in [0.05, 0.1) is 25.4 Å². The SMILES string of the molecule is CCCCCCCC/C=C/CCCC[C@@H](O)[C@H](CO[C@H]1O[C@@H](CO)[C@H](O)C(O)C1O)NC(=O)CCCCCCCCCCCCCCCCCCCCCC. The highest BCUT2D eigenvalue weighted by Gasteiger charge is 2.44. The van der Waals surface area contributed by atoms with Crippen LogP contribution in [0.25, 0.3) is 0 Å². The average Bonchev–Trinajstić information content (AvgIpc) is 3.18. The highest BCUT2D eigenvalue weighted by atomic mass is 16.7. The second-order valence-corrected chi connectivity index (χ2v) is 16.6. The van der Waals surface area contributed by atoms with E-state index in [1.54, 1.807) is 0 Å². The Bertz CT molecular complexity index is 873. The molecule has 0 aromatic carbocycles. The number of rotatable bonds is 39. The summed E-state index contributed by atoms with van der Waals surface area (Å²) < 4.78 is 11.2. The molecule has 0 radical (unpaired) electrons. The van der Waals surface area contributed by atoms with Crippen molar-refractivity contribution in [2.45, 2.75) is 262 Å². The first-order valence-corrected chi connectivity index (χ1v) is 23.4. The van der Waals surface area contributed by atoms with E-state index >= 15 is 0 Å². The first-order valence-electron chi connectivity index (χ1n) is 23.4. The van der Waals surface area contributed by atoms with Crippen LogP contribution in [0.3, 0.4) is 0 Å². The van der Waals surface area contributed by atoms with Crippen LogP contribution in [0.5, 0.6) is 0 Å². The molecule has 6 N–H and O–H groups in total. The molecular weight excluding hydrogens is 695 g/mol. The molecule has 1 heterocycles. The zero-order chi connectivity index (χ0) is 40.2. The Morgan fingerprint density at radius 3 is 1.47 bits per heavy atom. The van der Waals surface area contributed by atoms with Gasteiger partial charge in [-0.3, -0.25) is 4.79 Å². The smallest absolute Gasteiger partial charge is 0.220 e. The number of ether oxygens (including phenoxy) is 2. The third-order valence-corrected chi connectivity index (χ3v) is 11.4. The molecule has 0 saturated carbocycles. The Balaban J connectivity index is 2.28. The van der Waals surface area contributed by atoms with Crippen LogP contribution in [0.1, 0.15) is 219 Å². The summed E-state index contributed by atoms with van der Waals surface area (Å²) in [5.41, 5.74) is 0. The minimum Gasteiger partial charge on any atom is -0.394 e. The van der Waals surface area contributed by atoms with E-state index < -0.39 is 49.5 Å². The van der Waals surface area contributed by atoms with E-state index in [2.05, 4.69) is 31.3 Å². The van der Waals surface area contributed by atoms with Gasteiger partial charge in [0.25, 0.3) is 0 Å². The number of allylic oxidation sites excluding steroid dienone is 2. The number of carbonyl (C=O) groups is 1. The van der Waals surface area contributed by atoms with Gasteiger partial charge in [0.1, 0.15) is 24.4 Å². The Morgan fingerprint density at radius 1 is 0.600 bits per heavy atom. The van der Waals surface area contributed by atoms with Gasteiger partial charge in [-0.2, -0.15) is 0 Å². The van der Waals surface area contributed by atoms with E-state index in [0.717, 1.165) is 44.9 Å². The normalized spacial score (nSPS) is 21.3.